The smallest absolute Gasteiger partial charge is 0.317 e. The van der Waals surface area contributed by atoms with Gasteiger partial charge < -0.3 is 15.7 Å². The molecule has 0 atom stereocenters. The maximum atomic E-state index is 12.1. The number of benzene rings is 2. The van der Waals surface area contributed by atoms with Crippen LogP contribution in [0.1, 0.15) is 25.3 Å². The maximum Gasteiger partial charge on any atom is 0.317 e. The lowest BCUT2D eigenvalue weighted by atomic mass is 9.85. The predicted octanol–water partition coefficient (Wildman–Crippen LogP) is 2.58. The van der Waals surface area contributed by atoms with E-state index in [2.05, 4.69) is 34.9 Å². The average Bonchev–Trinajstić information content (AvgIpc) is 2.60. The second-order valence-corrected chi connectivity index (χ2v) is 6.79. The lowest BCUT2D eigenvalue weighted by Gasteiger charge is -2.42. The molecule has 6 heteroatoms. The molecule has 2 aromatic carbocycles. The molecule has 0 heterocycles. The summed E-state index contributed by atoms with van der Waals surface area (Å²) >= 11 is 0. The molecule has 0 saturated heterocycles. The molecule has 1 aliphatic rings. The van der Waals surface area contributed by atoms with Crippen LogP contribution in [0.4, 0.5) is 4.79 Å². The number of urea groups is 1. The van der Waals surface area contributed by atoms with Gasteiger partial charge >= 0.3 is 12.0 Å². The minimum Gasteiger partial charge on any atom is -0.480 e. The van der Waals surface area contributed by atoms with Crippen LogP contribution in [0, 0.1) is 0 Å². The molecule has 0 bridgehead atoms. The standard InChI is InChI=1S/C20H25N3O3/c1-2-23(13-19(24)25)18-10-17(11-18)22-20(26)21-12-14-7-8-15-5-3-4-6-16(15)9-14/h3-9,17-18H,2,10-13H2,1H3,(H,24,25)(H2,21,22,26). The van der Waals surface area contributed by atoms with Crippen LogP contribution >= 0.6 is 0 Å². The molecule has 0 aliphatic heterocycles. The van der Waals surface area contributed by atoms with Gasteiger partial charge in [0, 0.05) is 18.6 Å². The Labute approximate surface area is 153 Å². The first-order valence-corrected chi connectivity index (χ1v) is 9.03. The Morgan fingerprint density at radius 2 is 1.88 bits per heavy atom. The van der Waals surface area contributed by atoms with Crippen LogP contribution in [0.5, 0.6) is 0 Å². The van der Waals surface area contributed by atoms with Gasteiger partial charge in [-0.05, 0) is 41.8 Å². The van der Waals surface area contributed by atoms with Gasteiger partial charge in [0.15, 0.2) is 0 Å². The summed E-state index contributed by atoms with van der Waals surface area (Å²) in [5.41, 5.74) is 1.06. The summed E-state index contributed by atoms with van der Waals surface area (Å²) in [7, 11) is 0. The third kappa shape index (κ3) is 4.52. The molecule has 26 heavy (non-hydrogen) atoms. The molecule has 1 saturated carbocycles. The summed E-state index contributed by atoms with van der Waals surface area (Å²) in [4.78, 5) is 24.9. The third-order valence-corrected chi connectivity index (χ3v) is 4.98. The second-order valence-electron chi connectivity index (χ2n) is 6.79. The van der Waals surface area contributed by atoms with Gasteiger partial charge in [-0.3, -0.25) is 9.69 Å². The first kappa shape index (κ1) is 18.2. The van der Waals surface area contributed by atoms with E-state index in [0.717, 1.165) is 23.8 Å². The van der Waals surface area contributed by atoms with Crippen molar-refractivity contribution in [3.05, 3.63) is 48.0 Å². The number of amides is 2. The van der Waals surface area contributed by atoms with E-state index >= 15 is 0 Å². The maximum absolute atomic E-state index is 12.1. The number of carboxylic acid groups (broad SMARTS) is 1. The fourth-order valence-electron chi connectivity index (χ4n) is 3.44. The summed E-state index contributed by atoms with van der Waals surface area (Å²) in [6.45, 7) is 3.20. The summed E-state index contributed by atoms with van der Waals surface area (Å²) < 4.78 is 0. The zero-order valence-electron chi connectivity index (χ0n) is 14.9. The largest absolute Gasteiger partial charge is 0.480 e. The van der Waals surface area contributed by atoms with Gasteiger partial charge in [0.1, 0.15) is 0 Å². The van der Waals surface area contributed by atoms with Crippen molar-refractivity contribution in [2.24, 2.45) is 0 Å². The summed E-state index contributed by atoms with van der Waals surface area (Å²) in [6, 6.07) is 14.5. The van der Waals surface area contributed by atoms with Gasteiger partial charge in [0.2, 0.25) is 0 Å². The number of likely N-dealkylation sites (N-methyl/N-ethyl adjacent to an activating group) is 1. The highest BCUT2D eigenvalue weighted by atomic mass is 16.4. The van der Waals surface area contributed by atoms with Crippen molar-refractivity contribution in [3.8, 4) is 0 Å². The van der Waals surface area contributed by atoms with E-state index in [9.17, 15) is 9.59 Å². The number of carbonyl (C=O) groups is 2. The predicted molar refractivity (Wildman–Crippen MR) is 101 cm³/mol. The average molecular weight is 355 g/mol. The monoisotopic (exact) mass is 355 g/mol. The van der Waals surface area contributed by atoms with Crippen LogP contribution in [-0.2, 0) is 11.3 Å². The van der Waals surface area contributed by atoms with Crippen LogP contribution in [0.25, 0.3) is 10.8 Å². The zero-order chi connectivity index (χ0) is 18.5. The van der Waals surface area contributed by atoms with Crippen LogP contribution in [0.3, 0.4) is 0 Å². The highest BCUT2D eigenvalue weighted by Gasteiger charge is 2.34. The molecule has 138 valence electrons. The number of nitrogens with one attached hydrogen (secondary N) is 2. The van der Waals surface area contributed by atoms with E-state index in [4.69, 9.17) is 5.11 Å². The number of hydrogen-bond donors (Lipinski definition) is 3. The highest BCUT2D eigenvalue weighted by Crippen LogP contribution is 2.25. The van der Waals surface area contributed by atoms with Crippen molar-refractivity contribution >= 4 is 22.8 Å². The van der Waals surface area contributed by atoms with Crippen molar-refractivity contribution < 1.29 is 14.7 Å². The number of rotatable bonds is 7. The van der Waals surface area contributed by atoms with Gasteiger partial charge in [0.25, 0.3) is 0 Å². The second kappa shape index (κ2) is 8.19. The van der Waals surface area contributed by atoms with Crippen molar-refractivity contribution in [2.75, 3.05) is 13.1 Å². The zero-order valence-corrected chi connectivity index (χ0v) is 14.9. The molecule has 1 fully saturated rings. The number of nitrogens with zero attached hydrogens (tertiary/aromatic N) is 1. The SMILES string of the molecule is CCN(CC(=O)O)C1CC(NC(=O)NCc2ccc3ccccc3c2)C1. The van der Waals surface area contributed by atoms with E-state index in [1.54, 1.807) is 0 Å². The normalized spacial score (nSPS) is 19.2. The Balaban J connectivity index is 1.43. The number of carbonyl (C=O) groups excluding carboxylic acids is 1. The minimum absolute atomic E-state index is 0.0576. The fraction of sp³-hybridized carbons (Fsp3) is 0.400. The molecule has 0 unspecified atom stereocenters. The number of aliphatic carboxylic acids is 1. The molecular weight excluding hydrogens is 330 g/mol. The van der Waals surface area contributed by atoms with Crippen LogP contribution in [-0.4, -0.2) is 47.2 Å². The minimum atomic E-state index is -0.809. The van der Waals surface area contributed by atoms with Gasteiger partial charge in [-0.1, -0.05) is 43.3 Å². The van der Waals surface area contributed by atoms with Gasteiger partial charge in [-0.2, -0.15) is 0 Å². The molecule has 0 spiro atoms. The van der Waals surface area contributed by atoms with E-state index in [-0.39, 0.29) is 24.7 Å². The number of fused-ring (bicyclic) bond motifs is 1. The topological polar surface area (TPSA) is 81.7 Å². The first-order chi connectivity index (χ1) is 12.5. The van der Waals surface area contributed by atoms with Crippen LogP contribution in [0.2, 0.25) is 0 Å². The Bertz CT molecular complexity index is 787. The third-order valence-electron chi connectivity index (χ3n) is 4.98. The Kier molecular flexibility index (Phi) is 5.73. The number of carboxylic acids is 1. The van der Waals surface area contributed by atoms with E-state index in [0.29, 0.717) is 13.1 Å². The summed E-state index contributed by atoms with van der Waals surface area (Å²) in [5.74, 6) is -0.809. The molecule has 0 aromatic heterocycles. The van der Waals surface area contributed by atoms with Crippen molar-refractivity contribution in [3.63, 3.8) is 0 Å². The van der Waals surface area contributed by atoms with Crippen molar-refractivity contribution in [2.45, 2.75) is 38.4 Å². The number of hydrogen-bond acceptors (Lipinski definition) is 3. The van der Waals surface area contributed by atoms with Gasteiger partial charge in [-0.15, -0.1) is 0 Å². The molecule has 6 nitrogen and oxygen atoms in total. The first-order valence-electron chi connectivity index (χ1n) is 9.03. The molecule has 1 aliphatic carbocycles. The molecule has 2 amide bonds. The molecule has 3 rings (SSSR count). The van der Waals surface area contributed by atoms with E-state index < -0.39 is 5.97 Å². The highest BCUT2D eigenvalue weighted by molar-refractivity contribution is 5.83. The quantitative estimate of drug-likeness (QED) is 0.713. The Morgan fingerprint density at radius 3 is 2.58 bits per heavy atom. The van der Waals surface area contributed by atoms with Gasteiger partial charge in [0.05, 0.1) is 6.54 Å². The van der Waals surface area contributed by atoms with E-state index in [1.807, 2.05) is 30.0 Å². The molecule has 3 N–H and O–H groups in total. The Morgan fingerprint density at radius 1 is 1.15 bits per heavy atom. The van der Waals surface area contributed by atoms with E-state index in [1.165, 1.54) is 5.39 Å². The summed E-state index contributed by atoms with van der Waals surface area (Å²) in [6.07, 6.45) is 1.59. The Hall–Kier alpha value is -2.60. The molecule has 0 radical (unpaired) electrons. The molecule has 2 aromatic rings. The lowest BCUT2D eigenvalue weighted by molar-refractivity contribution is -0.139. The van der Waals surface area contributed by atoms with Crippen molar-refractivity contribution in [1.82, 2.24) is 15.5 Å². The van der Waals surface area contributed by atoms with Crippen LogP contribution in [0.15, 0.2) is 42.5 Å². The summed E-state index contributed by atoms with van der Waals surface area (Å²) in [5, 5.41) is 17.1. The molecular formula is C20H25N3O3. The van der Waals surface area contributed by atoms with Gasteiger partial charge in [-0.25, -0.2) is 4.79 Å². The lowest BCUT2D eigenvalue weighted by Crippen LogP contribution is -2.56. The van der Waals surface area contributed by atoms with Crippen molar-refractivity contribution in [1.29, 1.82) is 0 Å². The fourth-order valence-corrected chi connectivity index (χ4v) is 3.44. The van der Waals surface area contributed by atoms with Crippen LogP contribution < -0.4 is 10.6 Å².